The molecule has 0 spiro atoms. The largest absolute Gasteiger partial charge is 0.465 e. The highest BCUT2D eigenvalue weighted by Gasteiger charge is 2.57. The van der Waals surface area contributed by atoms with E-state index in [9.17, 15) is 14.4 Å². The first-order valence-corrected chi connectivity index (χ1v) is 10.7. The van der Waals surface area contributed by atoms with E-state index in [4.69, 9.17) is 9.47 Å². The second-order valence-electron chi connectivity index (χ2n) is 8.82. The van der Waals surface area contributed by atoms with Gasteiger partial charge in [-0.25, -0.2) is 9.59 Å². The van der Waals surface area contributed by atoms with E-state index in [1.165, 1.54) is 7.11 Å². The summed E-state index contributed by atoms with van der Waals surface area (Å²) in [6, 6.07) is 14.7. The number of carbonyl (C=O) groups is 3. The third-order valence-corrected chi connectivity index (χ3v) is 6.45. The fourth-order valence-electron chi connectivity index (χ4n) is 4.22. The number of quaternary nitrogens is 1. The van der Waals surface area contributed by atoms with Gasteiger partial charge in [-0.15, -0.1) is 0 Å². The quantitative estimate of drug-likeness (QED) is 0.503. The number of para-hydroxylation sites is 1. The van der Waals surface area contributed by atoms with Gasteiger partial charge in [-0.05, 0) is 30.5 Å². The van der Waals surface area contributed by atoms with Crippen LogP contribution in [0, 0.1) is 6.92 Å². The molecule has 2 aromatic rings. The van der Waals surface area contributed by atoms with Crippen LogP contribution in [0.1, 0.15) is 40.7 Å². The molecule has 0 radical (unpaired) electrons. The van der Waals surface area contributed by atoms with E-state index in [1.807, 2.05) is 57.4 Å². The number of amides is 1. The molecular formula is C25H31N2O5+. The number of nitrogens with zero attached hydrogens (tertiary/aromatic N) is 1. The van der Waals surface area contributed by atoms with E-state index in [0.29, 0.717) is 24.1 Å². The molecule has 0 atom stereocenters. The summed E-state index contributed by atoms with van der Waals surface area (Å²) < 4.78 is 10.5. The predicted molar refractivity (Wildman–Crippen MR) is 121 cm³/mol. The van der Waals surface area contributed by atoms with Gasteiger partial charge >= 0.3 is 11.9 Å². The summed E-state index contributed by atoms with van der Waals surface area (Å²) in [6.45, 7) is 2.10. The summed E-state index contributed by atoms with van der Waals surface area (Å²) in [5.74, 6) is -1.07. The molecule has 32 heavy (non-hydrogen) atoms. The van der Waals surface area contributed by atoms with Gasteiger partial charge in [0.15, 0.2) is 12.1 Å². The zero-order valence-electron chi connectivity index (χ0n) is 19.1. The first-order valence-electron chi connectivity index (χ1n) is 10.7. The van der Waals surface area contributed by atoms with E-state index in [2.05, 4.69) is 5.32 Å². The lowest BCUT2D eigenvalue weighted by Gasteiger charge is -2.51. The Bertz CT molecular complexity index is 997. The molecule has 1 saturated carbocycles. The molecule has 0 bridgehead atoms. The minimum atomic E-state index is -0.776. The Hall–Kier alpha value is -3.19. The molecule has 0 aromatic heterocycles. The molecule has 0 saturated heterocycles. The van der Waals surface area contributed by atoms with Gasteiger partial charge in [0.25, 0.3) is 5.91 Å². The van der Waals surface area contributed by atoms with Crippen molar-refractivity contribution >= 4 is 23.5 Å². The number of rotatable bonds is 8. The Labute approximate surface area is 188 Å². The van der Waals surface area contributed by atoms with E-state index in [1.54, 1.807) is 12.1 Å². The molecule has 0 heterocycles. The standard InChI is InChI=1S/C25H30N2O5/c1-18-10-8-13-20(23(29)31-4)22(18)26-24(30)25(14-9-15-25)27(2,3)16-21(28)32-17-19-11-6-5-7-12-19/h5-8,10-13H,9,14-17H2,1-4H3/p+1. The lowest BCUT2D eigenvalue weighted by atomic mass is 9.73. The van der Waals surface area contributed by atoms with Crippen LogP contribution in [-0.4, -0.2) is 55.6 Å². The molecule has 0 unspecified atom stereocenters. The Morgan fingerprint density at radius 1 is 1.03 bits per heavy atom. The number of hydrogen-bond donors (Lipinski definition) is 1. The van der Waals surface area contributed by atoms with Crippen molar-refractivity contribution in [2.24, 2.45) is 0 Å². The summed E-state index contributed by atoms with van der Waals surface area (Å²) >= 11 is 0. The Balaban J connectivity index is 1.75. The summed E-state index contributed by atoms with van der Waals surface area (Å²) in [6.07, 6.45) is 2.19. The maximum absolute atomic E-state index is 13.5. The van der Waals surface area contributed by atoms with Crippen LogP contribution in [0.3, 0.4) is 0 Å². The molecule has 7 nitrogen and oxygen atoms in total. The topological polar surface area (TPSA) is 81.7 Å². The van der Waals surface area contributed by atoms with Crippen molar-refractivity contribution in [1.29, 1.82) is 0 Å². The Morgan fingerprint density at radius 2 is 1.72 bits per heavy atom. The van der Waals surface area contributed by atoms with Gasteiger partial charge in [-0.2, -0.15) is 0 Å². The summed E-state index contributed by atoms with van der Waals surface area (Å²) in [7, 11) is 5.06. The monoisotopic (exact) mass is 439 g/mol. The summed E-state index contributed by atoms with van der Waals surface area (Å²) in [4.78, 5) is 38.3. The number of hydrogen-bond acceptors (Lipinski definition) is 5. The molecule has 0 aliphatic heterocycles. The molecule has 170 valence electrons. The number of ether oxygens (including phenoxy) is 2. The molecule has 1 fully saturated rings. The van der Waals surface area contributed by atoms with Crippen molar-refractivity contribution in [3.63, 3.8) is 0 Å². The number of benzene rings is 2. The van der Waals surface area contributed by atoms with Crippen LogP contribution in [0.25, 0.3) is 0 Å². The fourth-order valence-corrected chi connectivity index (χ4v) is 4.22. The van der Waals surface area contributed by atoms with Gasteiger partial charge < -0.3 is 19.3 Å². The zero-order valence-corrected chi connectivity index (χ0v) is 19.1. The second-order valence-corrected chi connectivity index (χ2v) is 8.82. The summed E-state index contributed by atoms with van der Waals surface area (Å²) in [5.41, 5.74) is 1.66. The SMILES string of the molecule is COC(=O)c1cccc(C)c1NC(=O)C1([N+](C)(C)CC(=O)OCc2ccccc2)CCC1. The minimum absolute atomic E-state index is 0.0673. The number of esters is 2. The highest BCUT2D eigenvalue weighted by molar-refractivity contribution is 6.05. The van der Waals surface area contributed by atoms with E-state index < -0.39 is 11.5 Å². The van der Waals surface area contributed by atoms with Crippen LogP contribution in [-0.2, 0) is 25.7 Å². The number of anilines is 1. The molecule has 1 aliphatic carbocycles. The lowest BCUT2D eigenvalue weighted by molar-refractivity contribution is -0.931. The maximum Gasteiger partial charge on any atom is 0.362 e. The molecule has 7 heteroatoms. The highest BCUT2D eigenvalue weighted by atomic mass is 16.5. The van der Waals surface area contributed by atoms with Crippen LogP contribution in [0.5, 0.6) is 0 Å². The molecular weight excluding hydrogens is 408 g/mol. The van der Waals surface area contributed by atoms with Crippen molar-refractivity contribution in [3.8, 4) is 0 Å². The van der Waals surface area contributed by atoms with Gasteiger partial charge in [-0.3, -0.25) is 4.79 Å². The molecule has 1 N–H and O–H groups in total. The van der Waals surface area contributed by atoms with Crippen LogP contribution >= 0.6 is 0 Å². The van der Waals surface area contributed by atoms with Crippen molar-refractivity contribution in [2.75, 3.05) is 33.1 Å². The average molecular weight is 440 g/mol. The first-order chi connectivity index (χ1) is 15.2. The van der Waals surface area contributed by atoms with Gasteiger partial charge in [0.05, 0.1) is 32.5 Å². The number of nitrogens with one attached hydrogen (secondary N) is 1. The van der Waals surface area contributed by atoms with E-state index in [-0.39, 0.29) is 29.5 Å². The van der Waals surface area contributed by atoms with Gasteiger partial charge in [0.2, 0.25) is 0 Å². The summed E-state index contributed by atoms with van der Waals surface area (Å²) in [5, 5.41) is 2.97. The van der Waals surface area contributed by atoms with Crippen LogP contribution < -0.4 is 5.32 Å². The van der Waals surface area contributed by atoms with Gasteiger partial charge in [0, 0.05) is 12.8 Å². The van der Waals surface area contributed by atoms with Crippen molar-refractivity contribution in [1.82, 2.24) is 0 Å². The Kier molecular flexibility index (Phi) is 6.99. The van der Waals surface area contributed by atoms with Crippen LogP contribution in [0.2, 0.25) is 0 Å². The van der Waals surface area contributed by atoms with Gasteiger partial charge in [0.1, 0.15) is 6.61 Å². The molecule has 3 rings (SSSR count). The smallest absolute Gasteiger partial charge is 0.362 e. The number of carbonyl (C=O) groups excluding carboxylic acids is 3. The second kappa shape index (κ2) is 9.53. The fraction of sp³-hybridized carbons (Fsp3) is 0.400. The minimum Gasteiger partial charge on any atom is -0.465 e. The normalized spacial score (nSPS) is 14.8. The third kappa shape index (κ3) is 4.67. The molecule has 1 aliphatic rings. The third-order valence-electron chi connectivity index (χ3n) is 6.45. The van der Waals surface area contributed by atoms with E-state index in [0.717, 1.165) is 17.5 Å². The van der Waals surface area contributed by atoms with Crippen LogP contribution in [0.4, 0.5) is 5.69 Å². The van der Waals surface area contributed by atoms with Crippen LogP contribution in [0.15, 0.2) is 48.5 Å². The predicted octanol–water partition coefficient (Wildman–Crippen LogP) is 3.46. The zero-order chi connectivity index (χ0) is 23.4. The van der Waals surface area contributed by atoms with E-state index >= 15 is 0 Å². The number of aryl methyl sites for hydroxylation is 1. The average Bonchev–Trinajstić information content (AvgIpc) is 2.72. The van der Waals surface area contributed by atoms with Gasteiger partial charge in [-0.1, -0.05) is 42.5 Å². The first kappa shape index (κ1) is 23.5. The number of methoxy groups -OCH3 is 1. The van der Waals surface area contributed by atoms with Crippen molar-refractivity contribution in [3.05, 3.63) is 65.2 Å². The lowest BCUT2D eigenvalue weighted by Crippen LogP contribution is -2.70. The number of likely N-dealkylation sites (N-methyl/N-ethyl adjacent to an activating group) is 1. The van der Waals surface area contributed by atoms with Crippen molar-refractivity contribution < 1.29 is 28.3 Å². The molecule has 1 amide bonds. The van der Waals surface area contributed by atoms with Crippen molar-refractivity contribution in [2.45, 2.75) is 38.3 Å². The maximum atomic E-state index is 13.5. The molecule has 2 aromatic carbocycles. The Morgan fingerprint density at radius 3 is 2.31 bits per heavy atom. The highest BCUT2D eigenvalue weighted by Crippen LogP contribution is 2.42.